The van der Waals surface area contributed by atoms with Crippen LogP contribution in [0.3, 0.4) is 0 Å². The molecule has 0 unspecified atom stereocenters. The SMILES string of the molecule is Nc1ccc(N)nc1.[H-].[Na+]. The Balaban J connectivity index is 0. The van der Waals surface area contributed by atoms with E-state index >= 15 is 0 Å². The van der Waals surface area contributed by atoms with Gasteiger partial charge in [0, 0.05) is 0 Å². The minimum atomic E-state index is 0. The normalized spacial score (nSPS) is 8.00. The van der Waals surface area contributed by atoms with Gasteiger partial charge in [-0.05, 0) is 12.1 Å². The van der Waals surface area contributed by atoms with E-state index in [0.29, 0.717) is 11.5 Å². The molecule has 3 nitrogen and oxygen atoms in total. The first-order valence-corrected chi connectivity index (χ1v) is 2.26. The molecule has 0 atom stereocenters. The fourth-order valence-electron chi connectivity index (χ4n) is 0.417. The number of hydrogen-bond donors (Lipinski definition) is 2. The Morgan fingerprint density at radius 3 is 2.33 bits per heavy atom. The molecule has 0 radical (unpaired) electrons. The van der Waals surface area contributed by atoms with E-state index in [0.717, 1.165) is 0 Å². The minimum absolute atomic E-state index is 0. The summed E-state index contributed by atoms with van der Waals surface area (Å²) >= 11 is 0. The zero-order valence-electron chi connectivity index (χ0n) is 6.33. The Kier molecular flexibility index (Phi) is 3.61. The van der Waals surface area contributed by atoms with Crippen molar-refractivity contribution in [3.05, 3.63) is 18.3 Å². The molecule has 0 fully saturated rings. The number of nitrogen functional groups attached to an aromatic ring is 2. The summed E-state index contributed by atoms with van der Waals surface area (Å²) in [5, 5.41) is 0. The quantitative estimate of drug-likeness (QED) is 0.380. The van der Waals surface area contributed by atoms with E-state index in [9.17, 15) is 0 Å². The molecule has 0 spiro atoms. The Hall–Kier alpha value is -0.250. The summed E-state index contributed by atoms with van der Waals surface area (Å²) in [6.07, 6.45) is 1.52. The molecule has 0 saturated heterocycles. The Bertz CT molecular complexity index is 156. The van der Waals surface area contributed by atoms with E-state index in [4.69, 9.17) is 11.5 Å². The number of pyridine rings is 1. The summed E-state index contributed by atoms with van der Waals surface area (Å²) in [6, 6.07) is 3.37. The van der Waals surface area contributed by atoms with Crippen molar-refractivity contribution in [2.24, 2.45) is 0 Å². The first kappa shape index (κ1) is 8.75. The van der Waals surface area contributed by atoms with Crippen LogP contribution >= 0.6 is 0 Å². The molecule has 0 aliphatic rings. The smallest absolute Gasteiger partial charge is 1.00 e. The number of nitrogens with zero attached hydrogens (tertiary/aromatic N) is 1. The Morgan fingerprint density at radius 2 is 2.00 bits per heavy atom. The summed E-state index contributed by atoms with van der Waals surface area (Å²) in [5.41, 5.74) is 11.2. The molecule has 1 aromatic heterocycles. The van der Waals surface area contributed by atoms with E-state index < -0.39 is 0 Å². The zero-order chi connectivity index (χ0) is 5.98. The number of hydrogen-bond acceptors (Lipinski definition) is 3. The van der Waals surface area contributed by atoms with Gasteiger partial charge in [-0.25, -0.2) is 4.98 Å². The molecule has 1 heterocycles. The maximum atomic E-state index is 5.31. The molecule has 0 aliphatic heterocycles. The molecule has 0 amide bonds. The van der Waals surface area contributed by atoms with Crippen molar-refractivity contribution in [2.45, 2.75) is 0 Å². The molecule has 1 aromatic rings. The van der Waals surface area contributed by atoms with Gasteiger partial charge in [0.2, 0.25) is 0 Å². The van der Waals surface area contributed by atoms with E-state index in [1.165, 1.54) is 6.20 Å². The summed E-state index contributed by atoms with van der Waals surface area (Å²) < 4.78 is 0. The molecular weight excluding hydrogens is 125 g/mol. The molecule has 4 N–H and O–H groups in total. The second kappa shape index (κ2) is 3.71. The van der Waals surface area contributed by atoms with E-state index in [1.807, 2.05) is 0 Å². The van der Waals surface area contributed by atoms with E-state index in [2.05, 4.69) is 4.98 Å². The maximum Gasteiger partial charge on any atom is 1.00 e. The van der Waals surface area contributed by atoms with Crippen molar-refractivity contribution in [2.75, 3.05) is 11.5 Å². The molecular formula is C5H8N3Na. The first-order chi connectivity index (χ1) is 3.79. The van der Waals surface area contributed by atoms with Crippen LogP contribution in [-0.2, 0) is 0 Å². The molecule has 9 heavy (non-hydrogen) atoms. The van der Waals surface area contributed by atoms with Crippen molar-refractivity contribution in [3.8, 4) is 0 Å². The minimum Gasteiger partial charge on any atom is -1.00 e. The number of anilines is 2. The molecule has 1 rings (SSSR count). The predicted molar refractivity (Wildman–Crippen MR) is 34.2 cm³/mol. The van der Waals surface area contributed by atoms with Crippen molar-refractivity contribution < 1.29 is 31.0 Å². The molecule has 0 aliphatic carbocycles. The predicted octanol–water partition coefficient (Wildman–Crippen LogP) is -2.64. The van der Waals surface area contributed by atoms with E-state index in [-0.39, 0.29) is 31.0 Å². The maximum absolute atomic E-state index is 5.31. The van der Waals surface area contributed by atoms with Crippen molar-refractivity contribution in [3.63, 3.8) is 0 Å². The van der Waals surface area contributed by atoms with Gasteiger partial charge in [0.15, 0.2) is 0 Å². The second-order valence-electron chi connectivity index (χ2n) is 1.52. The monoisotopic (exact) mass is 133 g/mol. The van der Waals surface area contributed by atoms with Gasteiger partial charge in [0.05, 0.1) is 11.9 Å². The van der Waals surface area contributed by atoms with Crippen LogP contribution in [-0.4, -0.2) is 4.98 Å². The molecule has 0 aromatic carbocycles. The fourth-order valence-corrected chi connectivity index (χ4v) is 0.417. The number of aromatic nitrogens is 1. The second-order valence-corrected chi connectivity index (χ2v) is 1.52. The van der Waals surface area contributed by atoms with Crippen LogP contribution in [0.15, 0.2) is 18.3 Å². The average molecular weight is 133 g/mol. The van der Waals surface area contributed by atoms with Gasteiger partial charge in [-0.3, -0.25) is 0 Å². The summed E-state index contributed by atoms with van der Waals surface area (Å²) in [7, 11) is 0. The van der Waals surface area contributed by atoms with Gasteiger partial charge in [-0.1, -0.05) is 0 Å². The zero-order valence-corrected chi connectivity index (χ0v) is 7.33. The standard InChI is InChI=1S/C5H7N3.Na.H/c6-4-1-2-5(7)8-3-4;;/h1-3H,6H2,(H2,7,8);;/q;+1;-1. The van der Waals surface area contributed by atoms with Crippen LogP contribution in [0.2, 0.25) is 0 Å². The third-order valence-electron chi connectivity index (χ3n) is 0.809. The summed E-state index contributed by atoms with van der Waals surface area (Å²) in [6.45, 7) is 0. The van der Waals surface area contributed by atoms with Crippen LogP contribution in [0.4, 0.5) is 11.5 Å². The number of rotatable bonds is 0. The van der Waals surface area contributed by atoms with Crippen LogP contribution in [0, 0.1) is 0 Å². The van der Waals surface area contributed by atoms with Gasteiger partial charge < -0.3 is 12.9 Å². The Morgan fingerprint density at radius 1 is 1.33 bits per heavy atom. The summed E-state index contributed by atoms with van der Waals surface area (Å²) in [4.78, 5) is 3.73. The van der Waals surface area contributed by atoms with Crippen LogP contribution in [0.25, 0.3) is 0 Å². The van der Waals surface area contributed by atoms with Crippen molar-refractivity contribution >= 4 is 11.5 Å². The molecule has 0 saturated carbocycles. The van der Waals surface area contributed by atoms with Crippen molar-refractivity contribution in [1.82, 2.24) is 4.98 Å². The molecule has 0 bridgehead atoms. The topological polar surface area (TPSA) is 64.9 Å². The Labute approximate surface area is 77.2 Å². The van der Waals surface area contributed by atoms with Crippen LogP contribution in [0.5, 0.6) is 0 Å². The van der Waals surface area contributed by atoms with Gasteiger partial charge in [0.1, 0.15) is 5.82 Å². The third kappa shape index (κ3) is 2.70. The largest absolute Gasteiger partial charge is 1.00 e. The average Bonchev–Trinajstić information content (AvgIpc) is 1.77. The van der Waals surface area contributed by atoms with Gasteiger partial charge >= 0.3 is 29.6 Å². The molecule has 44 valence electrons. The van der Waals surface area contributed by atoms with Crippen LogP contribution < -0.4 is 41.0 Å². The van der Waals surface area contributed by atoms with Gasteiger partial charge in [0.25, 0.3) is 0 Å². The van der Waals surface area contributed by atoms with Gasteiger partial charge in [-0.2, -0.15) is 0 Å². The fraction of sp³-hybridized carbons (Fsp3) is 0. The number of nitrogens with two attached hydrogens (primary N) is 2. The van der Waals surface area contributed by atoms with Crippen LogP contribution in [0.1, 0.15) is 1.43 Å². The van der Waals surface area contributed by atoms with E-state index in [1.54, 1.807) is 12.1 Å². The van der Waals surface area contributed by atoms with Gasteiger partial charge in [-0.15, -0.1) is 0 Å². The summed E-state index contributed by atoms with van der Waals surface area (Å²) in [5.74, 6) is 0.499. The van der Waals surface area contributed by atoms with Crippen molar-refractivity contribution in [1.29, 1.82) is 0 Å². The molecule has 4 heteroatoms. The third-order valence-corrected chi connectivity index (χ3v) is 0.809. The first-order valence-electron chi connectivity index (χ1n) is 2.26.